The van der Waals surface area contributed by atoms with E-state index in [-0.39, 0.29) is 36.9 Å². The Balaban J connectivity index is 2.61. The Morgan fingerprint density at radius 1 is 1.37 bits per heavy atom. The minimum absolute atomic E-state index is 0.0589. The van der Waals surface area contributed by atoms with E-state index in [4.69, 9.17) is 10.5 Å². The molecule has 0 saturated heterocycles. The van der Waals surface area contributed by atoms with Crippen LogP contribution in [-0.2, 0) is 19.1 Å². The van der Waals surface area contributed by atoms with Gasteiger partial charge in [-0.25, -0.2) is 0 Å². The number of rotatable bonds is 6. The second kappa shape index (κ2) is 6.86. The van der Waals surface area contributed by atoms with Crippen molar-refractivity contribution >= 4 is 11.9 Å². The summed E-state index contributed by atoms with van der Waals surface area (Å²) in [6.07, 6.45) is 2.46. The normalized spacial score (nSPS) is 25.7. The molecule has 0 spiro atoms. The van der Waals surface area contributed by atoms with Crippen LogP contribution >= 0.6 is 0 Å². The van der Waals surface area contributed by atoms with E-state index >= 15 is 0 Å². The van der Waals surface area contributed by atoms with Crippen LogP contribution in [0.4, 0.5) is 0 Å². The highest BCUT2D eigenvalue weighted by Crippen LogP contribution is 2.25. The number of carbonyl (C=O) groups is 2. The SMILES string of the molecule is COCC(C)(CC(=O)OC)NC(=O)C1CCC(N)C1. The molecule has 0 aromatic carbocycles. The zero-order chi connectivity index (χ0) is 14.5. The standard InChI is InChI=1S/C13H24N2O4/c1-13(8-18-2,7-11(16)19-3)15-12(17)9-4-5-10(14)6-9/h9-10H,4-8,14H2,1-3H3,(H,15,17). The number of nitrogens with one attached hydrogen (secondary N) is 1. The summed E-state index contributed by atoms with van der Waals surface area (Å²) in [6.45, 7) is 2.03. The second-order valence-electron chi connectivity index (χ2n) is 5.51. The lowest BCUT2D eigenvalue weighted by Crippen LogP contribution is -2.52. The number of nitrogens with two attached hydrogens (primary N) is 1. The summed E-state index contributed by atoms with van der Waals surface area (Å²) in [4.78, 5) is 23.6. The molecule has 0 aromatic rings. The maximum atomic E-state index is 12.2. The zero-order valence-corrected chi connectivity index (χ0v) is 11.9. The molecular weight excluding hydrogens is 248 g/mol. The van der Waals surface area contributed by atoms with Crippen LogP contribution in [0.2, 0.25) is 0 Å². The van der Waals surface area contributed by atoms with Gasteiger partial charge in [0, 0.05) is 19.1 Å². The highest BCUT2D eigenvalue weighted by Gasteiger charge is 2.35. The molecule has 3 unspecified atom stereocenters. The Morgan fingerprint density at radius 3 is 2.53 bits per heavy atom. The van der Waals surface area contributed by atoms with Crippen LogP contribution in [0.25, 0.3) is 0 Å². The van der Waals surface area contributed by atoms with Crippen LogP contribution in [-0.4, -0.2) is 44.3 Å². The van der Waals surface area contributed by atoms with Gasteiger partial charge < -0.3 is 20.5 Å². The van der Waals surface area contributed by atoms with Crippen molar-refractivity contribution < 1.29 is 19.1 Å². The van der Waals surface area contributed by atoms with Gasteiger partial charge in [0.25, 0.3) is 0 Å². The van der Waals surface area contributed by atoms with Crippen molar-refractivity contribution in [3.8, 4) is 0 Å². The fourth-order valence-corrected chi connectivity index (χ4v) is 2.49. The Kier molecular flexibility index (Phi) is 5.75. The van der Waals surface area contributed by atoms with Crippen molar-refractivity contribution in [2.45, 2.75) is 44.2 Å². The van der Waals surface area contributed by atoms with Crippen molar-refractivity contribution in [3.05, 3.63) is 0 Å². The lowest BCUT2D eigenvalue weighted by molar-refractivity contribution is -0.143. The van der Waals surface area contributed by atoms with Gasteiger partial charge in [0.2, 0.25) is 5.91 Å². The van der Waals surface area contributed by atoms with Gasteiger partial charge in [-0.15, -0.1) is 0 Å². The summed E-state index contributed by atoms with van der Waals surface area (Å²) in [6, 6.07) is 0.102. The molecule has 1 amide bonds. The summed E-state index contributed by atoms with van der Waals surface area (Å²) < 4.78 is 9.74. The topological polar surface area (TPSA) is 90.6 Å². The van der Waals surface area contributed by atoms with Gasteiger partial charge in [0.05, 0.1) is 25.7 Å². The van der Waals surface area contributed by atoms with Gasteiger partial charge in [-0.1, -0.05) is 0 Å². The van der Waals surface area contributed by atoms with Gasteiger partial charge in [0.15, 0.2) is 0 Å². The number of ether oxygens (including phenoxy) is 2. The lowest BCUT2D eigenvalue weighted by atomic mass is 9.96. The molecule has 1 aliphatic carbocycles. The van der Waals surface area contributed by atoms with Gasteiger partial charge >= 0.3 is 5.97 Å². The third-order valence-electron chi connectivity index (χ3n) is 3.49. The van der Waals surface area contributed by atoms with Crippen LogP contribution in [0.1, 0.15) is 32.6 Å². The molecule has 1 saturated carbocycles. The lowest BCUT2D eigenvalue weighted by Gasteiger charge is -2.30. The molecule has 110 valence electrons. The molecule has 3 atom stereocenters. The molecule has 6 nitrogen and oxygen atoms in total. The van der Waals surface area contributed by atoms with Crippen LogP contribution in [0.3, 0.4) is 0 Å². The average Bonchev–Trinajstić information content (AvgIpc) is 2.75. The average molecular weight is 272 g/mol. The number of hydrogen-bond donors (Lipinski definition) is 2. The van der Waals surface area contributed by atoms with Crippen LogP contribution < -0.4 is 11.1 Å². The number of esters is 1. The Hall–Kier alpha value is -1.14. The van der Waals surface area contributed by atoms with E-state index in [1.165, 1.54) is 14.2 Å². The monoisotopic (exact) mass is 272 g/mol. The third kappa shape index (κ3) is 4.80. The molecule has 0 radical (unpaired) electrons. The fourth-order valence-electron chi connectivity index (χ4n) is 2.49. The Bertz CT molecular complexity index is 335. The highest BCUT2D eigenvalue weighted by atomic mass is 16.5. The third-order valence-corrected chi connectivity index (χ3v) is 3.49. The van der Waals surface area contributed by atoms with E-state index in [0.717, 1.165) is 12.8 Å². The predicted molar refractivity (Wildman–Crippen MR) is 70.4 cm³/mol. The molecule has 0 aromatic heterocycles. The summed E-state index contributed by atoms with van der Waals surface area (Å²) >= 11 is 0. The molecule has 6 heteroatoms. The van der Waals surface area contributed by atoms with Crippen molar-refractivity contribution in [2.75, 3.05) is 20.8 Å². The zero-order valence-electron chi connectivity index (χ0n) is 11.9. The van der Waals surface area contributed by atoms with Gasteiger partial charge in [-0.05, 0) is 26.2 Å². The first-order valence-corrected chi connectivity index (χ1v) is 6.53. The molecule has 0 aliphatic heterocycles. The van der Waals surface area contributed by atoms with E-state index in [2.05, 4.69) is 10.1 Å². The Morgan fingerprint density at radius 2 is 2.05 bits per heavy atom. The van der Waals surface area contributed by atoms with E-state index in [0.29, 0.717) is 6.42 Å². The predicted octanol–water partition coefficient (Wildman–Crippen LogP) is 0.198. The van der Waals surface area contributed by atoms with Crippen molar-refractivity contribution in [3.63, 3.8) is 0 Å². The van der Waals surface area contributed by atoms with E-state index in [1.807, 2.05) is 0 Å². The molecule has 19 heavy (non-hydrogen) atoms. The van der Waals surface area contributed by atoms with Gasteiger partial charge in [0.1, 0.15) is 0 Å². The second-order valence-corrected chi connectivity index (χ2v) is 5.51. The number of hydrogen-bond acceptors (Lipinski definition) is 5. The number of carbonyl (C=O) groups excluding carboxylic acids is 2. The van der Waals surface area contributed by atoms with E-state index in [1.54, 1.807) is 6.92 Å². The molecule has 0 heterocycles. The molecule has 1 rings (SSSR count). The highest BCUT2D eigenvalue weighted by molar-refractivity contribution is 5.81. The molecular formula is C13H24N2O4. The van der Waals surface area contributed by atoms with Crippen LogP contribution in [0, 0.1) is 5.92 Å². The van der Waals surface area contributed by atoms with Crippen molar-refractivity contribution in [2.24, 2.45) is 11.7 Å². The first-order chi connectivity index (χ1) is 8.90. The van der Waals surface area contributed by atoms with Gasteiger partial charge in [-0.2, -0.15) is 0 Å². The largest absolute Gasteiger partial charge is 0.469 e. The molecule has 3 N–H and O–H groups in total. The summed E-state index contributed by atoms with van der Waals surface area (Å²) in [5.41, 5.74) is 5.06. The number of methoxy groups -OCH3 is 2. The van der Waals surface area contributed by atoms with Crippen LogP contribution in [0.15, 0.2) is 0 Å². The number of amides is 1. The van der Waals surface area contributed by atoms with Crippen LogP contribution in [0.5, 0.6) is 0 Å². The first kappa shape index (κ1) is 15.9. The minimum Gasteiger partial charge on any atom is -0.469 e. The first-order valence-electron chi connectivity index (χ1n) is 6.53. The smallest absolute Gasteiger partial charge is 0.307 e. The molecule has 1 fully saturated rings. The summed E-state index contributed by atoms with van der Waals surface area (Å²) in [5, 5.41) is 2.90. The summed E-state index contributed by atoms with van der Waals surface area (Å²) in [5.74, 6) is -0.497. The maximum absolute atomic E-state index is 12.2. The van der Waals surface area contributed by atoms with E-state index in [9.17, 15) is 9.59 Å². The Labute approximate surface area is 114 Å². The fraction of sp³-hybridized carbons (Fsp3) is 0.846. The molecule has 0 bridgehead atoms. The minimum atomic E-state index is -0.744. The summed E-state index contributed by atoms with van der Waals surface area (Å²) in [7, 11) is 2.86. The van der Waals surface area contributed by atoms with Crippen molar-refractivity contribution in [1.82, 2.24) is 5.32 Å². The maximum Gasteiger partial charge on any atom is 0.307 e. The van der Waals surface area contributed by atoms with Gasteiger partial charge in [-0.3, -0.25) is 9.59 Å². The van der Waals surface area contributed by atoms with E-state index < -0.39 is 5.54 Å². The quantitative estimate of drug-likeness (QED) is 0.674. The van der Waals surface area contributed by atoms with Crippen molar-refractivity contribution in [1.29, 1.82) is 0 Å². The molecule has 1 aliphatic rings.